The van der Waals surface area contributed by atoms with E-state index in [1.807, 2.05) is 0 Å². The Hall–Kier alpha value is -2.10. The second kappa shape index (κ2) is 9.73. The molecule has 0 bridgehead atoms. The lowest BCUT2D eigenvalue weighted by Crippen LogP contribution is -2.74. The van der Waals surface area contributed by atoms with Gasteiger partial charge in [-0.15, -0.1) is 0 Å². The average Bonchev–Trinajstić information content (AvgIpc) is 3.02. The highest BCUT2D eigenvalue weighted by Crippen LogP contribution is 2.64. The number of hydrogen-bond acceptors (Lipinski definition) is 2. The number of hydrogen-bond donors (Lipinski definition) is 0. The standard InChI is InChI=1S/C19H9F17INO2/c20-12(21,5-7(37)6-38-10(39)8-3-1-2-4-9(8)11(38)40)13(22,23)14(24,25)15(26,27)16(28,29)17(30,31)18(32,33)19(34,35)36/h1-4,7H,5-6H2. The Morgan fingerprint density at radius 3 is 1.25 bits per heavy atom. The number of nitrogens with zero attached hydrogens (tertiary/aromatic N) is 1. The van der Waals surface area contributed by atoms with Crippen LogP contribution in [0.5, 0.6) is 0 Å². The lowest BCUT2D eigenvalue weighted by atomic mass is 9.88. The highest BCUT2D eigenvalue weighted by molar-refractivity contribution is 14.1. The molecular weight excluding hydrogens is 724 g/mol. The van der Waals surface area contributed by atoms with E-state index in [9.17, 15) is 84.2 Å². The van der Waals surface area contributed by atoms with E-state index >= 15 is 0 Å². The lowest BCUT2D eigenvalue weighted by Gasteiger charge is -2.43. The number of imide groups is 1. The molecule has 1 aromatic rings. The van der Waals surface area contributed by atoms with Gasteiger partial charge in [-0.25, -0.2) is 0 Å². The molecule has 1 unspecified atom stereocenters. The van der Waals surface area contributed by atoms with Gasteiger partial charge in [0.15, 0.2) is 0 Å². The van der Waals surface area contributed by atoms with Crippen LogP contribution in [0.3, 0.4) is 0 Å². The van der Waals surface area contributed by atoms with Crippen LogP contribution in [0, 0.1) is 0 Å². The normalized spacial score (nSPS) is 17.4. The minimum atomic E-state index is -8.70. The number of amides is 2. The highest BCUT2D eigenvalue weighted by Gasteiger charge is 2.95. The topological polar surface area (TPSA) is 37.4 Å². The van der Waals surface area contributed by atoms with Gasteiger partial charge in [0.1, 0.15) is 0 Å². The summed E-state index contributed by atoms with van der Waals surface area (Å²) in [5.41, 5.74) is -0.642. The zero-order chi connectivity index (χ0) is 31.7. The van der Waals surface area contributed by atoms with E-state index in [1.54, 1.807) is 0 Å². The second-order valence-corrected chi connectivity index (χ2v) is 9.98. The smallest absolute Gasteiger partial charge is 0.273 e. The first-order chi connectivity index (χ1) is 17.5. The number of fused-ring (bicyclic) bond motifs is 1. The van der Waals surface area contributed by atoms with Gasteiger partial charge < -0.3 is 0 Å². The Labute approximate surface area is 223 Å². The van der Waals surface area contributed by atoms with Crippen molar-refractivity contribution in [3.8, 4) is 0 Å². The summed E-state index contributed by atoms with van der Waals surface area (Å²) >= 11 is 0.729. The molecule has 0 radical (unpaired) electrons. The molecule has 0 saturated heterocycles. The molecule has 0 saturated carbocycles. The van der Waals surface area contributed by atoms with Crippen molar-refractivity contribution in [2.45, 2.75) is 58.0 Å². The maximum atomic E-state index is 14.2. The second-order valence-electron chi connectivity index (χ2n) is 8.22. The molecule has 0 aromatic heterocycles. The van der Waals surface area contributed by atoms with E-state index in [0.717, 1.165) is 34.7 Å². The summed E-state index contributed by atoms with van der Waals surface area (Å²) in [5, 5.41) is 0. The van der Waals surface area contributed by atoms with Crippen molar-refractivity contribution in [1.82, 2.24) is 4.90 Å². The molecular formula is C19H9F17INO2. The minimum Gasteiger partial charge on any atom is -0.273 e. The van der Waals surface area contributed by atoms with E-state index in [-0.39, 0.29) is 16.0 Å². The molecule has 1 aliphatic heterocycles. The SMILES string of the molecule is O=C1c2ccccc2C(=O)N1CC(I)CC(F)(F)C(F)(F)C(F)(F)C(F)(F)C(F)(F)C(F)(F)C(F)(F)C(F)(F)F. The molecule has 1 aromatic carbocycles. The van der Waals surface area contributed by atoms with Crippen LogP contribution in [0.15, 0.2) is 24.3 Å². The zero-order valence-electron chi connectivity index (χ0n) is 18.4. The van der Waals surface area contributed by atoms with Crippen LogP contribution in [0.1, 0.15) is 27.1 Å². The third-order valence-corrected chi connectivity index (χ3v) is 6.36. The van der Waals surface area contributed by atoms with Crippen LogP contribution in [-0.4, -0.2) is 74.8 Å². The average molecular weight is 733 g/mol. The quantitative estimate of drug-likeness (QED) is 0.108. The molecule has 1 aliphatic rings. The van der Waals surface area contributed by atoms with E-state index in [1.165, 1.54) is 12.1 Å². The number of halogens is 18. The Balaban J connectivity index is 2.40. The number of carbonyl (C=O) groups excluding carboxylic acids is 2. The Bertz CT molecular complexity index is 1130. The first-order valence-corrected chi connectivity index (χ1v) is 11.1. The maximum Gasteiger partial charge on any atom is 0.460 e. The van der Waals surface area contributed by atoms with Crippen molar-refractivity contribution in [2.24, 2.45) is 0 Å². The molecule has 0 N–H and O–H groups in total. The van der Waals surface area contributed by atoms with Crippen LogP contribution in [-0.2, 0) is 0 Å². The molecule has 3 nitrogen and oxygen atoms in total. The molecule has 0 aliphatic carbocycles. The molecule has 0 spiro atoms. The fraction of sp³-hybridized carbons (Fsp3) is 0.579. The molecule has 40 heavy (non-hydrogen) atoms. The van der Waals surface area contributed by atoms with Crippen LogP contribution in [0.25, 0.3) is 0 Å². The van der Waals surface area contributed by atoms with Gasteiger partial charge in [0, 0.05) is 16.9 Å². The highest BCUT2D eigenvalue weighted by atomic mass is 127. The maximum absolute atomic E-state index is 14.2. The van der Waals surface area contributed by atoms with Gasteiger partial charge >= 0.3 is 47.6 Å². The van der Waals surface area contributed by atoms with Gasteiger partial charge in [0.05, 0.1) is 11.1 Å². The molecule has 228 valence electrons. The van der Waals surface area contributed by atoms with E-state index in [0.29, 0.717) is 0 Å². The number of carbonyl (C=O) groups is 2. The van der Waals surface area contributed by atoms with E-state index < -0.39 is 76.3 Å². The summed E-state index contributed by atoms with van der Waals surface area (Å²) in [6.45, 7) is -1.30. The molecule has 2 rings (SSSR count). The summed E-state index contributed by atoms with van der Waals surface area (Å²) in [7, 11) is 0. The number of rotatable bonds is 10. The third kappa shape index (κ3) is 4.66. The van der Waals surface area contributed by atoms with Crippen molar-refractivity contribution in [3.05, 3.63) is 35.4 Å². The van der Waals surface area contributed by atoms with E-state index in [4.69, 9.17) is 0 Å². The first-order valence-electron chi connectivity index (χ1n) is 9.85. The van der Waals surface area contributed by atoms with Crippen molar-refractivity contribution in [2.75, 3.05) is 6.54 Å². The van der Waals surface area contributed by atoms with Gasteiger partial charge in [0.2, 0.25) is 0 Å². The summed E-state index contributed by atoms with van der Waals surface area (Å²) in [5.74, 6) is -59.4. The Kier molecular flexibility index (Phi) is 8.30. The first kappa shape index (κ1) is 34.1. The summed E-state index contributed by atoms with van der Waals surface area (Å²) in [4.78, 5) is 24.5. The monoisotopic (exact) mass is 733 g/mol. The van der Waals surface area contributed by atoms with Gasteiger partial charge in [0.25, 0.3) is 11.8 Å². The van der Waals surface area contributed by atoms with Gasteiger partial charge in [-0.1, -0.05) is 34.7 Å². The molecule has 21 heteroatoms. The summed E-state index contributed by atoms with van der Waals surface area (Å²) < 4.78 is 225. The molecule has 2 amide bonds. The van der Waals surface area contributed by atoms with Crippen LogP contribution >= 0.6 is 22.6 Å². The van der Waals surface area contributed by atoms with Crippen molar-refractivity contribution >= 4 is 34.4 Å². The molecule has 1 atom stereocenters. The largest absolute Gasteiger partial charge is 0.460 e. The van der Waals surface area contributed by atoms with Gasteiger partial charge in [-0.3, -0.25) is 14.5 Å². The van der Waals surface area contributed by atoms with Crippen LogP contribution < -0.4 is 0 Å². The number of benzene rings is 1. The fourth-order valence-electron chi connectivity index (χ4n) is 3.27. The van der Waals surface area contributed by atoms with Crippen LogP contribution in [0.2, 0.25) is 0 Å². The fourth-order valence-corrected chi connectivity index (χ4v) is 4.22. The van der Waals surface area contributed by atoms with Crippen molar-refractivity contribution in [3.63, 3.8) is 0 Å². The van der Waals surface area contributed by atoms with Crippen LogP contribution in [0.4, 0.5) is 74.6 Å². The van der Waals surface area contributed by atoms with E-state index in [2.05, 4.69) is 0 Å². The van der Waals surface area contributed by atoms with Gasteiger partial charge in [-0.05, 0) is 12.1 Å². The van der Waals surface area contributed by atoms with Crippen molar-refractivity contribution < 1.29 is 84.2 Å². The predicted molar refractivity (Wildman–Crippen MR) is 105 cm³/mol. The lowest BCUT2D eigenvalue weighted by molar-refractivity contribution is -0.461. The number of alkyl halides is 18. The molecule has 1 heterocycles. The zero-order valence-corrected chi connectivity index (χ0v) is 20.5. The Morgan fingerprint density at radius 2 is 0.900 bits per heavy atom. The summed E-state index contributed by atoms with van der Waals surface area (Å²) in [6, 6.07) is 4.58. The summed E-state index contributed by atoms with van der Waals surface area (Å²) in [6.07, 6.45) is -10.6. The van der Waals surface area contributed by atoms with Gasteiger partial charge in [-0.2, -0.15) is 74.6 Å². The predicted octanol–water partition coefficient (Wildman–Crippen LogP) is 7.49. The molecule has 0 fully saturated rings. The Morgan fingerprint density at radius 1 is 0.575 bits per heavy atom. The van der Waals surface area contributed by atoms with Crippen molar-refractivity contribution in [1.29, 1.82) is 0 Å². The minimum absolute atomic E-state index is 0.136. The third-order valence-electron chi connectivity index (χ3n) is 5.52.